The molecule has 3 aliphatic heterocycles. The quantitative estimate of drug-likeness (QED) is 0.730. The molecule has 6 heteroatoms. The van der Waals surface area contributed by atoms with Gasteiger partial charge in [0.05, 0.1) is 11.7 Å². The van der Waals surface area contributed by atoms with Crippen LogP contribution in [0.15, 0.2) is 36.5 Å². The third kappa shape index (κ3) is 2.98. The summed E-state index contributed by atoms with van der Waals surface area (Å²) < 4.78 is 0. The standard InChI is InChI=1S/C22H26N6/c1-13-6-4-5-7-18(13)14(2)24-22-19-9-21(23-10-20(19)15(3)26-27-22)28-11-16-8-17(12-28)25-16/h4-7,9-10,14,16-17,25H,8,11-12H2,1-3H3,(H,24,27)/t14-,16?,17?/m1/s1. The van der Waals surface area contributed by atoms with Gasteiger partial charge in [-0.25, -0.2) is 4.98 Å². The number of benzene rings is 1. The zero-order valence-electron chi connectivity index (χ0n) is 16.6. The van der Waals surface area contributed by atoms with Crippen molar-refractivity contribution in [3.05, 3.63) is 53.3 Å². The summed E-state index contributed by atoms with van der Waals surface area (Å²) in [7, 11) is 0. The highest BCUT2D eigenvalue weighted by Crippen LogP contribution is 2.31. The largest absolute Gasteiger partial charge is 0.362 e. The maximum Gasteiger partial charge on any atom is 0.157 e. The lowest BCUT2D eigenvalue weighted by Gasteiger charge is -2.48. The Kier molecular flexibility index (Phi) is 4.16. The monoisotopic (exact) mass is 374 g/mol. The van der Waals surface area contributed by atoms with Crippen LogP contribution < -0.4 is 15.5 Å². The predicted octanol–water partition coefficient (Wildman–Crippen LogP) is 3.37. The smallest absolute Gasteiger partial charge is 0.157 e. The average molecular weight is 374 g/mol. The highest BCUT2D eigenvalue weighted by molar-refractivity contribution is 5.94. The zero-order valence-corrected chi connectivity index (χ0v) is 16.6. The maximum absolute atomic E-state index is 4.74. The SMILES string of the molecule is Cc1ccccc1[C@@H](C)Nc1nnc(C)c2cnc(N3CC4CC(C3)N4)cc12. The Morgan fingerprint density at radius 2 is 1.86 bits per heavy atom. The van der Waals surface area contributed by atoms with Crippen molar-refractivity contribution in [1.29, 1.82) is 0 Å². The minimum atomic E-state index is 0.143. The third-order valence-corrected chi connectivity index (χ3v) is 6.09. The van der Waals surface area contributed by atoms with Crippen LogP contribution in [0.4, 0.5) is 11.6 Å². The van der Waals surface area contributed by atoms with Gasteiger partial charge in [-0.2, -0.15) is 5.10 Å². The van der Waals surface area contributed by atoms with E-state index in [1.54, 1.807) is 0 Å². The summed E-state index contributed by atoms with van der Waals surface area (Å²) in [6.45, 7) is 8.35. The molecule has 3 aromatic rings. The van der Waals surface area contributed by atoms with Gasteiger partial charge in [0.2, 0.25) is 0 Å². The number of piperidine rings is 1. The van der Waals surface area contributed by atoms with Gasteiger partial charge in [0.15, 0.2) is 5.82 Å². The third-order valence-electron chi connectivity index (χ3n) is 6.09. The van der Waals surface area contributed by atoms with Crippen molar-refractivity contribution < 1.29 is 0 Å². The first-order valence-corrected chi connectivity index (χ1v) is 10.0. The number of aromatic nitrogens is 3. The van der Waals surface area contributed by atoms with E-state index < -0.39 is 0 Å². The average Bonchev–Trinajstić information content (AvgIpc) is 2.70. The minimum Gasteiger partial charge on any atom is -0.362 e. The second-order valence-corrected chi connectivity index (χ2v) is 8.15. The molecule has 28 heavy (non-hydrogen) atoms. The molecule has 2 bridgehead atoms. The van der Waals surface area contributed by atoms with Crippen molar-refractivity contribution in [3.63, 3.8) is 0 Å². The summed E-state index contributed by atoms with van der Waals surface area (Å²) in [5.74, 6) is 1.85. The molecule has 1 aromatic carbocycles. The van der Waals surface area contributed by atoms with E-state index in [2.05, 4.69) is 69.9 Å². The van der Waals surface area contributed by atoms with Crippen molar-refractivity contribution in [3.8, 4) is 0 Å². The van der Waals surface area contributed by atoms with Crippen LogP contribution in [0.25, 0.3) is 10.8 Å². The number of nitrogens with one attached hydrogen (secondary N) is 2. The molecule has 0 amide bonds. The summed E-state index contributed by atoms with van der Waals surface area (Å²) in [5.41, 5.74) is 3.45. The number of fused-ring (bicyclic) bond motifs is 3. The fraction of sp³-hybridized carbons (Fsp3) is 0.409. The first-order chi connectivity index (χ1) is 13.6. The Bertz CT molecular complexity index is 1020. The molecule has 2 unspecified atom stereocenters. The van der Waals surface area contributed by atoms with Crippen LogP contribution in [-0.2, 0) is 0 Å². The van der Waals surface area contributed by atoms with E-state index in [4.69, 9.17) is 4.98 Å². The number of hydrogen-bond acceptors (Lipinski definition) is 6. The Morgan fingerprint density at radius 3 is 2.61 bits per heavy atom. The van der Waals surface area contributed by atoms with Crippen LogP contribution in [0.3, 0.4) is 0 Å². The first-order valence-electron chi connectivity index (χ1n) is 10.0. The number of hydrogen-bond donors (Lipinski definition) is 2. The lowest BCUT2D eigenvalue weighted by Crippen LogP contribution is -2.67. The second kappa shape index (κ2) is 6.71. The number of pyridine rings is 1. The van der Waals surface area contributed by atoms with Crippen molar-refractivity contribution in [1.82, 2.24) is 20.5 Å². The summed E-state index contributed by atoms with van der Waals surface area (Å²) in [6.07, 6.45) is 3.24. The van der Waals surface area contributed by atoms with E-state index in [0.717, 1.165) is 41.2 Å². The van der Waals surface area contributed by atoms with Crippen LogP contribution in [0, 0.1) is 13.8 Å². The van der Waals surface area contributed by atoms with E-state index in [1.807, 2.05) is 13.1 Å². The lowest BCUT2D eigenvalue weighted by molar-refractivity contribution is 0.225. The van der Waals surface area contributed by atoms with Crippen LogP contribution in [0.5, 0.6) is 0 Å². The van der Waals surface area contributed by atoms with Gasteiger partial charge < -0.3 is 15.5 Å². The fourth-order valence-corrected chi connectivity index (χ4v) is 4.50. The summed E-state index contributed by atoms with van der Waals surface area (Å²) in [6, 6.07) is 12.0. The number of piperazine rings is 1. The molecule has 6 rings (SSSR count). The van der Waals surface area contributed by atoms with E-state index in [0.29, 0.717) is 12.1 Å². The van der Waals surface area contributed by atoms with Crippen LogP contribution in [0.2, 0.25) is 0 Å². The molecule has 6 nitrogen and oxygen atoms in total. The molecule has 0 aliphatic carbocycles. The normalized spacial score (nSPS) is 22.0. The van der Waals surface area contributed by atoms with E-state index in [-0.39, 0.29) is 6.04 Å². The van der Waals surface area contributed by atoms with Gasteiger partial charge in [-0.05, 0) is 44.4 Å². The lowest BCUT2D eigenvalue weighted by atomic mass is 9.91. The Labute approximate surface area is 165 Å². The topological polar surface area (TPSA) is 66.0 Å². The van der Waals surface area contributed by atoms with Crippen molar-refractivity contribution in [2.75, 3.05) is 23.3 Å². The second-order valence-electron chi connectivity index (χ2n) is 8.15. The highest BCUT2D eigenvalue weighted by atomic mass is 15.3. The van der Waals surface area contributed by atoms with Gasteiger partial charge in [-0.15, -0.1) is 5.10 Å². The molecular weight excluding hydrogens is 348 g/mol. The van der Waals surface area contributed by atoms with Crippen molar-refractivity contribution in [2.45, 2.75) is 45.3 Å². The van der Waals surface area contributed by atoms with Gasteiger partial charge in [-0.3, -0.25) is 0 Å². The van der Waals surface area contributed by atoms with Crippen LogP contribution in [-0.4, -0.2) is 40.4 Å². The van der Waals surface area contributed by atoms with Crippen molar-refractivity contribution >= 4 is 22.4 Å². The number of nitrogens with zero attached hydrogens (tertiary/aromatic N) is 4. The molecule has 3 aliphatic rings. The number of rotatable bonds is 4. The molecule has 3 atom stereocenters. The highest BCUT2D eigenvalue weighted by Gasteiger charge is 2.36. The van der Waals surface area contributed by atoms with E-state index in [9.17, 15) is 0 Å². The maximum atomic E-state index is 4.74. The van der Waals surface area contributed by atoms with Gasteiger partial charge in [-0.1, -0.05) is 24.3 Å². The molecule has 3 saturated heterocycles. The van der Waals surface area contributed by atoms with Gasteiger partial charge in [0.25, 0.3) is 0 Å². The number of aryl methyl sites for hydroxylation is 2. The summed E-state index contributed by atoms with van der Waals surface area (Å²) in [4.78, 5) is 7.13. The first kappa shape index (κ1) is 17.4. The van der Waals surface area contributed by atoms with Gasteiger partial charge in [0, 0.05) is 42.1 Å². The number of anilines is 2. The van der Waals surface area contributed by atoms with E-state index >= 15 is 0 Å². The molecule has 3 fully saturated rings. The van der Waals surface area contributed by atoms with Gasteiger partial charge >= 0.3 is 0 Å². The summed E-state index contributed by atoms with van der Waals surface area (Å²) >= 11 is 0. The molecule has 5 heterocycles. The molecule has 2 N–H and O–H groups in total. The van der Waals surface area contributed by atoms with Gasteiger partial charge in [0.1, 0.15) is 5.82 Å². The molecular formula is C22H26N6. The van der Waals surface area contributed by atoms with Crippen molar-refractivity contribution in [2.24, 2.45) is 0 Å². The van der Waals surface area contributed by atoms with E-state index in [1.165, 1.54) is 17.5 Å². The van der Waals surface area contributed by atoms with Crippen LogP contribution >= 0.6 is 0 Å². The molecule has 0 spiro atoms. The Balaban J connectivity index is 1.50. The molecule has 2 aromatic heterocycles. The zero-order chi connectivity index (χ0) is 19.3. The minimum absolute atomic E-state index is 0.143. The summed E-state index contributed by atoms with van der Waals surface area (Å²) in [5, 5.41) is 18.2. The van der Waals surface area contributed by atoms with Crippen LogP contribution in [0.1, 0.15) is 36.2 Å². The molecule has 0 saturated carbocycles. The fourth-order valence-electron chi connectivity index (χ4n) is 4.50. The Hall–Kier alpha value is -2.73. The molecule has 0 radical (unpaired) electrons. The Morgan fingerprint density at radius 1 is 1.11 bits per heavy atom. The molecule has 144 valence electrons. The predicted molar refractivity (Wildman–Crippen MR) is 113 cm³/mol.